The van der Waals surface area contributed by atoms with Crippen molar-refractivity contribution < 1.29 is 0 Å². The third-order valence-electron chi connectivity index (χ3n) is 4.72. The summed E-state index contributed by atoms with van der Waals surface area (Å²) in [6.45, 7) is 0. The van der Waals surface area contributed by atoms with Crippen LogP contribution in [0.3, 0.4) is 0 Å². The van der Waals surface area contributed by atoms with Crippen LogP contribution in [0, 0.1) is 0 Å². The summed E-state index contributed by atoms with van der Waals surface area (Å²) in [5, 5.41) is 12.5. The number of nitrogens with one attached hydrogen (secondary N) is 3. The van der Waals surface area contributed by atoms with Crippen LogP contribution in [0.4, 0.5) is 11.5 Å². The second-order valence-corrected chi connectivity index (χ2v) is 7.44. The number of anilines is 2. The van der Waals surface area contributed by atoms with Crippen molar-refractivity contribution in [1.82, 2.24) is 25.1 Å². The summed E-state index contributed by atoms with van der Waals surface area (Å²) in [5.41, 5.74) is 5.20. The number of nitrogens with zero attached hydrogens (tertiary/aromatic N) is 3. The molecule has 0 saturated heterocycles. The first-order chi connectivity index (χ1) is 14.3. The molecule has 142 valence electrons. The van der Waals surface area contributed by atoms with Gasteiger partial charge >= 0.3 is 0 Å². The highest BCUT2D eigenvalue weighted by Gasteiger charge is 2.07. The van der Waals surface area contributed by atoms with Gasteiger partial charge in [-0.25, -0.2) is 9.97 Å². The molecule has 29 heavy (non-hydrogen) atoms. The molecule has 3 aromatic heterocycles. The SMILES string of the molecule is CSc1cc2ccc(-c3nccc(Nc4ccc(-c5cn[nH]c5)cc4)n3)cc2[nH]1. The summed E-state index contributed by atoms with van der Waals surface area (Å²) in [4.78, 5) is 12.6. The molecule has 0 aliphatic rings. The van der Waals surface area contributed by atoms with Gasteiger partial charge in [0.2, 0.25) is 0 Å². The van der Waals surface area contributed by atoms with Crippen LogP contribution in [-0.2, 0) is 0 Å². The molecule has 0 bridgehead atoms. The molecule has 5 rings (SSSR count). The normalized spacial score (nSPS) is 11.1. The maximum atomic E-state index is 4.69. The first kappa shape index (κ1) is 17.5. The predicted molar refractivity (Wildman–Crippen MR) is 118 cm³/mol. The third-order valence-corrected chi connectivity index (χ3v) is 5.38. The van der Waals surface area contributed by atoms with Crippen molar-refractivity contribution in [2.24, 2.45) is 0 Å². The molecule has 6 nitrogen and oxygen atoms in total. The van der Waals surface area contributed by atoms with Gasteiger partial charge in [0.05, 0.1) is 11.2 Å². The molecular formula is C22H18N6S. The van der Waals surface area contributed by atoms with Crippen LogP contribution < -0.4 is 5.32 Å². The second-order valence-electron chi connectivity index (χ2n) is 6.59. The first-order valence-electron chi connectivity index (χ1n) is 9.15. The van der Waals surface area contributed by atoms with Gasteiger partial charge in [0.15, 0.2) is 5.82 Å². The Hall–Kier alpha value is -3.58. The van der Waals surface area contributed by atoms with Crippen LogP contribution in [0.25, 0.3) is 33.4 Å². The second kappa shape index (κ2) is 7.44. The number of thioether (sulfide) groups is 1. The molecular weight excluding hydrogens is 380 g/mol. The van der Waals surface area contributed by atoms with Gasteiger partial charge in [-0.2, -0.15) is 5.10 Å². The molecule has 0 saturated carbocycles. The number of rotatable bonds is 5. The van der Waals surface area contributed by atoms with E-state index in [1.165, 1.54) is 5.39 Å². The number of aromatic nitrogens is 5. The Morgan fingerprint density at radius 3 is 2.59 bits per heavy atom. The van der Waals surface area contributed by atoms with Crippen molar-refractivity contribution in [3.05, 3.63) is 73.2 Å². The predicted octanol–water partition coefficient (Wildman–Crippen LogP) is 5.48. The van der Waals surface area contributed by atoms with Crippen molar-refractivity contribution in [2.45, 2.75) is 5.03 Å². The highest BCUT2D eigenvalue weighted by atomic mass is 32.2. The van der Waals surface area contributed by atoms with E-state index in [0.717, 1.165) is 38.7 Å². The number of aromatic amines is 2. The number of H-pyrrole nitrogens is 2. The van der Waals surface area contributed by atoms with Crippen LogP contribution in [-0.4, -0.2) is 31.4 Å². The molecule has 0 fully saturated rings. The van der Waals surface area contributed by atoms with E-state index in [1.54, 1.807) is 18.0 Å². The highest BCUT2D eigenvalue weighted by Crippen LogP contribution is 2.27. The van der Waals surface area contributed by atoms with Crippen molar-refractivity contribution >= 4 is 34.2 Å². The quantitative estimate of drug-likeness (QED) is 0.342. The summed E-state index contributed by atoms with van der Waals surface area (Å²) in [6.07, 6.45) is 7.52. The molecule has 0 aliphatic carbocycles. The molecule has 7 heteroatoms. The van der Waals surface area contributed by atoms with Crippen LogP contribution in [0.15, 0.2) is 78.2 Å². The Labute approximate surface area is 171 Å². The van der Waals surface area contributed by atoms with E-state index >= 15 is 0 Å². The van der Waals surface area contributed by atoms with E-state index in [-0.39, 0.29) is 0 Å². The van der Waals surface area contributed by atoms with E-state index in [2.05, 4.69) is 73.1 Å². The maximum absolute atomic E-state index is 4.69. The van der Waals surface area contributed by atoms with Gasteiger partial charge in [0.25, 0.3) is 0 Å². The average Bonchev–Trinajstić information content (AvgIpc) is 3.44. The Kier molecular flexibility index (Phi) is 4.50. The molecule has 0 aliphatic heterocycles. The van der Waals surface area contributed by atoms with Gasteiger partial charge in [-0.1, -0.05) is 24.3 Å². The van der Waals surface area contributed by atoms with Crippen molar-refractivity contribution in [2.75, 3.05) is 11.6 Å². The van der Waals surface area contributed by atoms with Gasteiger partial charge in [0.1, 0.15) is 5.82 Å². The molecule has 5 aromatic rings. The Balaban J connectivity index is 1.39. The molecule has 3 N–H and O–H groups in total. The lowest BCUT2D eigenvalue weighted by Crippen LogP contribution is -1.96. The van der Waals surface area contributed by atoms with Gasteiger partial charge in [-0.3, -0.25) is 5.10 Å². The molecule has 0 atom stereocenters. The summed E-state index contributed by atoms with van der Waals surface area (Å²) in [6, 6.07) is 18.4. The number of hydrogen-bond donors (Lipinski definition) is 3. The molecule has 0 unspecified atom stereocenters. The Morgan fingerprint density at radius 1 is 0.931 bits per heavy atom. The summed E-state index contributed by atoms with van der Waals surface area (Å²) < 4.78 is 0. The zero-order valence-corrected chi connectivity index (χ0v) is 16.5. The van der Waals surface area contributed by atoms with E-state index < -0.39 is 0 Å². The minimum Gasteiger partial charge on any atom is -0.350 e. The van der Waals surface area contributed by atoms with E-state index in [1.807, 2.05) is 30.6 Å². The molecule has 3 heterocycles. The fourth-order valence-corrected chi connectivity index (χ4v) is 3.68. The van der Waals surface area contributed by atoms with Crippen LogP contribution >= 0.6 is 11.8 Å². The topological polar surface area (TPSA) is 82.3 Å². The van der Waals surface area contributed by atoms with E-state index in [9.17, 15) is 0 Å². The lowest BCUT2D eigenvalue weighted by atomic mass is 10.1. The largest absolute Gasteiger partial charge is 0.350 e. The van der Waals surface area contributed by atoms with Gasteiger partial charge in [-0.05, 0) is 42.2 Å². The van der Waals surface area contributed by atoms with Crippen molar-refractivity contribution in [3.8, 4) is 22.5 Å². The van der Waals surface area contributed by atoms with Crippen LogP contribution in [0.2, 0.25) is 0 Å². The van der Waals surface area contributed by atoms with Gasteiger partial charge in [-0.15, -0.1) is 11.8 Å². The smallest absolute Gasteiger partial charge is 0.161 e. The molecule has 0 spiro atoms. The van der Waals surface area contributed by atoms with E-state index in [0.29, 0.717) is 5.82 Å². The van der Waals surface area contributed by atoms with Gasteiger partial charge in [0, 0.05) is 40.1 Å². The lowest BCUT2D eigenvalue weighted by Gasteiger charge is -2.08. The molecule has 0 amide bonds. The standard InChI is InChI=1S/C22H18N6S/c1-29-21-11-15-2-3-16(10-19(15)27-21)22-23-9-8-20(28-22)26-18-6-4-14(5-7-18)17-12-24-25-13-17/h2-13,27H,1H3,(H,24,25)(H,23,26,28). The summed E-state index contributed by atoms with van der Waals surface area (Å²) in [7, 11) is 0. The minimum absolute atomic E-state index is 0.687. The van der Waals surface area contributed by atoms with Crippen molar-refractivity contribution in [3.63, 3.8) is 0 Å². The number of benzene rings is 2. The first-order valence-corrected chi connectivity index (χ1v) is 10.4. The molecule has 0 radical (unpaired) electrons. The number of hydrogen-bond acceptors (Lipinski definition) is 5. The Morgan fingerprint density at radius 2 is 1.79 bits per heavy atom. The maximum Gasteiger partial charge on any atom is 0.161 e. The fourth-order valence-electron chi connectivity index (χ4n) is 3.22. The van der Waals surface area contributed by atoms with E-state index in [4.69, 9.17) is 0 Å². The average molecular weight is 398 g/mol. The van der Waals surface area contributed by atoms with Gasteiger partial charge < -0.3 is 10.3 Å². The number of fused-ring (bicyclic) bond motifs is 1. The fraction of sp³-hybridized carbons (Fsp3) is 0.0455. The summed E-state index contributed by atoms with van der Waals surface area (Å²) >= 11 is 1.70. The van der Waals surface area contributed by atoms with Crippen LogP contribution in [0.1, 0.15) is 0 Å². The zero-order chi connectivity index (χ0) is 19.6. The summed E-state index contributed by atoms with van der Waals surface area (Å²) in [5.74, 6) is 1.44. The van der Waals surface area contributed by atoms with Crippen molar-refractivity contribution in [1.29, 1.82) is 0 Å². The molecule has 2 aromatic carbocycles. The Bertz CT molecular complexity index is 1260. The van der Waals surface area contributed by atoms with Crippen LogP contribution in [0.5, 0.6) is 0 Å². The zero-order valence-electron chi connectivity index (χ0n) is 15.7. The lowest BCUT2D eigenvalue weighted by molar-refractivity contribution is 1.09. The monoisotopic (exact) mass is 398 g/mol. The minimum atomic E-state index is 0.687. The third kappa shape index (κ3) is 3.60. The highest BCUT2D eigenvalue weighted by molar-refractivity contribution is 7.98.